The Hall–Kier alpha value is -4.51. The summed E-state index contributed by atoms with van der Waals surface area (Å²) in [4.78, 5) is 25.0. The summed E-state index contributed by atoms with van der Waals surface area (Å²) in [5.41, 5.74) is 3.19. The van der Waals surface area contributed by atoms with Crippen molar-refractivity contribution in [1.29, 1.82) is 0 Å². The summed E-state index contributed by atoms with van der Waals surface area (Å²) in [7, 11) is 0. The zero-order valence-corrected chi connectivity index (χ0v) is 17.3. The average Bonchev–Trinajstić information content (AvgIpc) is 3.14. The van der Waals surface area contributed by atoms with Crippen LogP contribution in [-0.4, -0.2) is 11.8 Å². The smallest absolute Gasteiger partial charge is 0.346 e. The normalized spacial score (nSPS) is 13.5. The maximum atomic E-state index is 13.8. The van der Waals surface area contributed by atoms with E-state index in [0.29, 0.717) is 5.56 Å². The van der Waals surface area contributed by atoms with Gasteiger partial charge in [0.05, 0.1) is 11.1 Å². The summed E-state index contributed by atoms with van der Waals surface area (Å²) >= 11 is 0. The molecule has 1 aliphatic heterocycles. The Kier molecular flexibility index (Phi) is 5.29. The van der Waals surface area contributed by atoms with Crippen LogP contribution in [0.2, 0.25) is 0 Å². The van der Waals surface area contributed by atoms with E-state index in [-0.39, 0.29) is 28.6 Å². The van der Waals surface area contributed by atoms with Gasteiger partial charge in [-0.1, -0.05) is 66.7 Å². The number of ketones is 1. The number of benzene rings is 4. The highest BCUT2D eigenvalue weighted by molar-refractivity contribution is 6.14. The molecule has 0 amide bonds. The number of hydrogen-bond donors (Lipinski definition) is 0. The van der Waals surface area contributed by atoms with Crippen LogP contribution in [0.1, 0.15) is 26.3 Å². The van der Waals surface area contributed by atoms with Gasteiger partial charge in [-0.3, -0.25) is 4.79 Å². The van der Waals surface area contributed by atoms with Crippen molar-refractivity contribution in [1.82, 2.24) is 0 Å². The summed E-state index contributed by atoms with van der Waals surface area (Å²) in [6.07, 6.45) is 1.67. The first-order chi connectivity index (χ1) is 16.1. The second-order valence-corrected chi connectivity index (χ2v) is 7.46. The molecule has 0 aliphatic carbocycles. The standard InChI is InChI=1S/C28H17FO4/c29-24-9-5-4-8-22(24)28(31)32-21-14-15-23-25(17-21)33-26(27(23)30)16-18-10-12-20(13-11-18)19-6-2-1-3-7-19/h1-17H. The molecule has 0 atom stereocenters. The van der Waals surface area contributed by atoms with Crippen LogP contribution < -0.4 is 9.47 Å². The number of allylic oxidation sites excluding steroid dienone is 1. The molecule has 5 heteroatoms. The predicted octanol–water partition coefficient (Wildman–Crippen LogP) is 6.33. The summed E-state index contributed by atoms with van der Waals surface area (Å²) in [5.74, 6) is -1.14. The molecule has 0 bridgehead atoms. The Bertz CT molecular complexity index is 1390. The molecule has 4 aromatic carbocycles. The molecule has 0 fully saturated rings. The molecule has 4 aromatic rings. The maximum Gasteiger partial charge on any atom is 0.346 e. The first-order valence-corrected chi connectivity index (χ1v) is 10.3. The number of fused-ring (bicyclic) bond motifs is 1. The van der Waals surface area contributed by atoms with E-state index in [4.69, 9.17) is 9.47 Å². The first-order valence-electron chi connectivity index (χ1n) is 10.3. The zero-order valence-electron chi connectivity index (χ0n) is 17.3. The van der Waals surface area contributed by atoms with Gasteiger partial charge in [0.25, 0.3) is 0 Å². The van der Waals surface area contributed by atoms with E-state index in [2.05, 4.69) is 0 Å². The van der Waals surface area contributed by atoms with E-state index in [1.54, 1.807) is 12.1 Å². The number of halogens is 1. The molecule has 5 rings (SSSR count). The third kappa shape index (κ3) is 4.16. The van der Waals surface area contributed by atoms with Crippen LogP contribution in [0.5, 0.6) is 11.5 Å². The van der Waals surface area contributed by atoms with E-state index < -0.39 is 11.8 Å². The van der Waals surface area contributed by atoms with Gasteiger partial charge in [0.15, 0.2) is 5.76 Å². The Morgan fingerprint density at radius 2 is 1.52 bits per heavy atom. The monoisotopic (exact) mass is 436 g/mol. The molecule has 1 aliphatic rings. The van der Waals surface area contributed by atoms with E-state index in [9.17, 15) is 14.0 Å². The minimum absolute atomic E-state index is 0.156. The molecule has 33 heavy (non-hydrogen) atoms. The summed E-state index contributed by atoms with van der Waals surface area (Å²) in [6.45, 7) is 0. The minimum atomic E-state index is -0.827. The number of carbonyl (C=O) groups excluding carboxylic acids is 2. The van der Waals surface area contributed by atoms with Crippen LogP contribution in [0.4, 0.5) is 4.39 Å². The van der Waals surface area contributed by atoms with E-state index >= 15 is 0 Å². The number of hydrogen-bond acceptors (Lipinski definition) is 4. The molecule has 1 heterocycles. The second-order valence-electron chi connectivity index (χ2n) is 7.46. The molecule has 0 unspecified atom stereocenters. The van der Waals surface area contributed by atoms with Crippen LogP contribution in [0.25, 0.3) is 17.2 Å². The van der Waals surface area contributed by atoms with Crippen LogP contribution in [0, 0.1) is 5.82 Å². The van der Waals surface area contributed by atoms with Crippen LogP contribution in [0.3, 0.4) is 0 Å². The number of Topliss-reactive ketones (excluding diaryl/α,β-unsaturated/α-hetero) is 1. The fourth-order valence-corrected chi connectivity index (χ4v) is 3.57. The lowest BCUT2D eigenvalue weighted by atomic mass is 10.0. The van der Waals surface area contributed by atoms with Gasteiger partial charge in [-0.25, -0.2) is 9.18 Å². The lowest BCUT2D eigenvalue weighted by Gasteiger charge is -2.06. The highest BCUT2D eigenvalue weighted by atomic mass is 19.1. The molecule has 0 spiro atoms. The van der Waals surface area contributed by atoms with Gasteiger partial charge in [0.1, 0.15) is 17.3 Å². The van der Waals surface area contributed by atoms with E-state index in [0.717, 1.165) is 16.7 Å². The summed E-state index contributed by atoms with van der Waals surface area (Å²) < 4.78 is 24.8. The van der Waals surface area contributed by atoms with Crippen molar-refractivity contribution in [3.05, 3.63) is 125 Å². The number of esters is 1. The second kappa shape index (κ2) is 8.55. The number of rotatable bonds is 4. The van der Waals surface area contributed by atoms with Crippen molar-refractivity contribution >= 4 is 17.8 Å². The molecular formula is C28H17FO4. The molecule has 0 aromatic heterocycles. The Morgan fingerprint density at radius 1 is 0.818 bits per heavy atom. The van der Waals surface area contributed by atoms with Gasteiger partial charge in [-0.2, -0.15) is 0 Å². The van der Waals surface area contributed by atoms with Crippen molar-refractivity contribution in [2.45, 2.75) is 0 Å². The van der Waals surface area contributed by atoms with Gasteiger partial charge in [0.2, 0.25) is 5.78 Å². The maximum absolute atomic E-state index is 13.8. The molecular weight excluding hydrogens is 419 g/mol. The number of carbonyl (C=O) groups is 2. The predicted molar refractivity (Wildman–Crippen MR) is 123 cm³/mol. The van der Waals surface area contributed by atoms with Crippen molar-refractivity contribution in [2.24, 2.45) is 0 Å². The van der Waals surface area contributed by atoms with E-state index in [1.165, 1.54) is 36.4 Å². The molecule has 0 N–H and O–H groups in total. The Labute approximate surface area is 189 Å². The van der Waals surface area contributed by atoms with Gasteiger partial charge in [-0.05, 0) is 47.0 Å². The molecule has 0 radical (unpaired) electrons. The fraction of sp³-hybridized carbons (Fsp3) is 0. The average molecular weight is 436 g/mol. The summed E-state index contributed by atoms with van der Waals surface area (Å²) in [6, 6.07) is 27.8. The van der Waals surface area contributed by atoms with Crippen LogP contribution in [0.15, 0.2) is 103 Å². The lowest BCUT2D eigenvalue weighted by Crippen LogP contribution is -2.10. The van der Waals surface area contributed by atoms with Crippen LogP contribution in [-0.2, 0) is 0 Å². The third-order valence-corrected chi connectivity index (χ3v) is 5.26. The highest BCUT2D eigenvalue weighted by Gasteiger charge is 2.28. The largest absolute Gasteiger partial charge is 0.452 e. The summed E-state index contributed by atoms with van der Waals surface area (Å²) in [5, 5.41) is 0. The van der Waals surface area contributed by atoms with Gasteiger partial charge >= 0.3 is 5.97 Å². The lowest BCUT2D eigenvalue weighted by molar-refractivity contribution is 0.0729. The fourth-order valence-electron chi connectivity index (χ4n) is 3.57. The third-order valence-electron chi connectivity index (χ3n) is 5.26. The van der Waals surface area contributed by atoms with Crippen molar-refractivity contribution < 1.29 is 23.5 Å². The SMILES string of the molecule is O=C(Oc1ccc2c(c1)OC(=Cc1ccc(-c3ccccc3)cc1)C2=O)c1ccccc1F. The Balaban J connectivity index is 1.34. The highest BCUT2D eigenvalue weighted by Crippen LogP contribution is 2.35. The van der Waals surface area contributed by atoms with Gasteiger partial charge < -0.3 is 9.47 Å². The topological polar surface area (TPSA) is 52.6 Å². The molecule has 0 saturated carbocycles. The first kappa shape index (κ1) is 20.4. The van der Waals surface area contributed by atoms with Crippen molar-refractivity contribution in [3.8, 4) is 22.6 Å². The molecule has 160 valence electrons. The van der Waals surface area contributed by atoms with Crippen LogP contribution >= 0.6 is 0 Å². The van der Waals surface area contributed by atoms with Crippen molar-refractivity contribution in [3.63, 3.8) is 0 Å². The van der Waals surface area contributed by atoms with Crippen molar-refractivity contribution in [2.75, 3.05) is 0 Å². The molecule has 4 nitrogen and oxygen atoms in total. The Morgan fingerprint density at radius 3 is 2.27 bits per heavy atom. The van der Waals surface area contributed by atoms with E-state index in [1.807, 2.05) is 54.6 Å². The molecule has 0 saturated heterocycles. The van der Waals surface area contributed by atoms with Gasteiger partial charge in [-0.15, -0.1) is 0 Å². The minimum Gasteiger partial charge on any atom is -0.452 e. The number of ether oxygens (including phenoxy) is 2. The zero-order chi connectivity index (χ0) is 22.8. The van der Waals surface area contributed by atoms with Gasteiger partial charge in [0, 0.05) is 6.07 Å². The quantitative estimate of drug-likeness (QED) is 0.213.